The van der Waals surface area contributed by atoms with Crippen LogP contribution in [0.5, 0.6) is 0 Å². The van der Waals surface area contributed by atoms with Crippen molar-refractivity contribution in [3.63, 3.8) is 0 Å². The molecule has 2 aromatic carbocycles. The van der Waals surface area contributed by atoms with E-state index in [1.54, 1.807) is 0 Å². The fourth-order valence-corrected chi connectivity index (χ4v) is 7.59. The lowest BCUT2D eigenvalue weighted by Gasteiger charge is -2.20. The predicted molar refractivity (Wildman–Crippen MR) is 218 cm³/mol. The molecule has 6 aromatic rings. The number of nitrogens with zero attached hydrogens (tertiary/aromatic N) is 4. The summed E-state index contributed by atoms with van der Waals surface area (Å²) >= 11 is 0. The molecule has 4 N–H and O–H groups in total. The van der Waals surface area contributed by atoms with E-state index >= 15 is 0 Å². The molecule has 1 saturated carbocycles. The van der Waals surface area contributed by atoms with Crippen LogP contribution < -0.4 is 10.6 Å². The Morgan fingerprint density at radius 3 is 1.70 bits per heavy atom. The molecule has 2 aliphatic carbocycles. The van der Waals surface area contributed by atoms with Crippen molar-refractivity contribution in [1.29, 1.82) is 0 Å². The number of alkyl carbamates (subject to hydrolysis) is 2. The van der Waals surface area contributed by atoms with Gasteiger partial charge in [0.05, 0.1) is 50.5 Å². The zero-order valence-electron chi connectivity index (χ0n) is 33.3. The number of rotatable bonds is 10. The first kappa shape index (κ1) is 37.2. The van der Waals surface area contributed by atoms with Crippen LogP contribution in [0, 0.1) is 11.8 Å². The summed E-state index contributed by atoms with van der Waals surface area (Å²) in [7, 11) is 0. The number of amides is 2. The Kier molecular flexibility index (Phi) is 9.33. The first-order valence-electron chi connectivity index (χ1n) is 19.5. The van der Waals surface area contributed by atoms with E-state index in [1.807, 2.05) is 84.9 Å². The van der Waals surface area contributed by atoms with Crippen molar-refractivity contribution in [1.82, 2.24) is 40.5 Å². The lowest BCUT2D eigenvalue weighted by atomic mass is 10.1. The number of hydrogen-bond acceptors (Lipinski definition) is 8. The standard InChI is InChI=1S/C44H50N8O4/c1-23-27(39(23)51-41(53)55-43(3,4)5)11-19-37-47-33-13-9-25(21-35(33)49-37)29-15-17-32-31(45-29)18-16-30(46-32)26-10-14-34-36(22-26)50-38(48-34)20-12-28-24(2)40(28)52-42(54)56-44(6,7)8/h9-10,13-18,21-23,27,39-40H,11-12,19-20H2,1-8H3,(H,47,49)(H,48,50)(H,51,53)(H,52,54). The van der Waals surface area contributed by atoms with Gasteiger partial charge in [-0.15, -0.1) is 0 Å². The van der Waals surface area contributed by atoms with E-state index in [-0.39, 0.29) is 18.2 Å². The minimum Gasteiger partial charge on any atom is -0.444 e. The number of benzene rings is 2. The molecule has 290 valence electrons. The molecule has 2 amide bonds. The molecule has 12 nitrogen and oxygen atoms in total. The number of aromatic nitrogens is 6. The second kappa shape index (κ2) is 14.1. The second-order valence-corrected chi connectivity index (χ2v) is 17.3. The summed E-state index contributed by atoms with van der Waals surface area (Å²) in [4.78, 5) is 51.0. The SMILES string of the molecule is CC1=C(CCc2nc3ccc(-c4ccc5nc(-c6ccc7nc(CCC8C(C)C8NC(=O)OC(C)(C)C)[nH]c7c6)ccc5n4)cc3[nH]2)C1NC(=O)OC(C)(C)C. The van der Waals surface area contributed by atoms with Gasteiger partial charge >= 0.3 is 12.2 Å². The van der Waals surface area contributed by atoms with Crippen LogP contribution in [0.1, 0.15) is 79.9 Å². The number of aryl methyl sites for hydroxylation is 2. The van der Waals surface area contributed by atoms with Crippen LogP contribution in [-0.4, -0.2) is 65.4 Å². The molecule has 0 bridgehead atoms. The lowest BCUT2D eigenvalue weighted by Crippen LogP contribution is -2.35. The quantitative estimate of drug-likeness (QED) is 0.101. The molecular weight excluding hydrogens is 705 g/mol. The number of nitrogens with one attached hydrogen (secondary N) is 4. The molecule has 1 fully saturated rings. The number of imidazole rings is 2. The number of pyridine rings is 2. The van der Waals surface area contributed by atoms with E-state index in [0.29, 0.717) is 11.8 Å². The van der Waals surface area contributed by atoms with Crippen molar-refractivity contribution in [2.45, 2.75) is 104 Å². The zero-order chi connectivity index (χ0) is 39.5. The number of carbonyl (C=O) groups excluding carboxylic acids is 2. The predicted octanol–water partition coefficient (Wildman–Crippen LogP) is 8.96. The number of H-pyrrole nitrogens is 2. The van der Waals surface area contributed by atoms with Crippen LogP contribution >= 0.6 is 0 Å². The van der Waals surface area contributed by atoms with Crippen molar-refractivity contribution in [3.05, 3.63) is 83.5 Å². The van der Waals surface area contributed by atoms with Crippen LogP contribution in [0.25, 0.3) is 55.6 Å². The summed E-state index contributed by atoms with van der Waals surface area (Å²) in [6.07, 6.45) is 2.55. The van der Waals surface area contributed by atoms with Crippen LogP contribution in [0.15, 0.2) is 71.8 Å². The Bertz CT molecular complexity index is 2520. The Balaban J connectivity index is 0.890. The van der Waals surface area contributed by atoms with Crippen molar-refractivity contribution >= 4 is 45.3 Å². The van der Waals surface area contributed by atoms with Crippen molar-refractivity contribution < 1.29 is 19.1 Å². The number of ether oxygens (including phenoxy) is 2. The first-order chi connectivity index (χ1) is 26.6. The molecule has 4 heterocycles. The van der Waals surface area contributed by atoms with Gasteiger partial charge in [0, 0.05) is 30.0 Å². The van der Waals surface area contributed by atoms with E-state index in [0.717, 1.165) is 92.9 Å². The fourth-order valence-electron chi connectivity index (χ4n) is 7.59. The summed E-state index contributed by atoms with van der Waals surface area (Å²) < 4.78 is 10.8. The molecule has 0 spiro atoms. The van der Waals surface area contributed by atoms with Gasteiger partial charge in [-0.05, 0) is 133 Å². The molecule has 0 radical (unpaired) electrons. The molecule has 0 saturated heterocycles. The average Bonchev–Trinajstić information content (AvgIpc) is 3.71. The van der Waals surface area contributed by atoms with E-state index in [2.05, 4.69) is 51.8 Å². The van der Waals surface area contributed by atoms with Crippen LogP contribution in [0.2, 0.25) is 0 Å². The Morgan fingerprint density at radius 2 is 1.16 bits per heavy atom. The summed E-state index contributed by atoms with van der Waals surface area (Å²) in [6, 6.07) is 20.5. The fraction of sp³-hybridized carbons (Fsp3) is 0.409. The number of fused-ring (bicyclic) bond motifs is 3. The van der Waals surface area contributed by atoms with Gasteiger partial charge < -0.3 is 30.1 Å². The molecule has 0 aliphatic heterocycles. The Labute approximate surface area is 326 Å². The van der Waals surface area contributed by atoms with Crippen molar-refractivity contribution in [2.75, 3.05) is 0 Å². The van der Waals surface area contributed by atoms with E-state index in [9.17, 15) is 9.59 Å². The molecular formula is C44H50N8O4. The average molecular weight is 755 g/mol. The van der Waals surface area contributed by atoms with E-state index in [1.165, 1.54) is 11.1 Å². The largest absolute Gasteiger partial charge is 0.444 e. The summed E-state index contributed by atoms with van der Waals surface area (Å²) in [6.45, 7) is 15.4. The summed E-state index contributed by atoms with van der Waals surface area (Å²) in [5, 5.41) is 5.98. The molecule has 8 rings (SSSR count). The van der Waals surface area contributed by atoms with Crippen LogP contribution in [0.3, 0.4) is 0 Å². The van der Waals surface area contributed by atoms with Gasteiger partial charge in [0.2, 0.25) is 0 Å². The number of aromatic amines is 2. The monoisotopic (exact) mass is 754 g/mol. The molecule has 4 atom stereocenters. The molecule has 4 aromatic heterocycles. The minimum absolute atomic E-state index is 0.0299. The van der Waals surface area contributed by atoms with Gasteiger partial charge in [-0.3, -0.25) is 0 Å². The smallest absolute Gasteiger partial charge is 0.408 e. The lowest BCUT2D eigenvalue weighted by molar-refractivity contribution is 0.0510. The summed E-state index contributed by atoms with van der Waals surface area (Å²) in [5.74, 6) is 2.66. The van der Waals surface area contributed by atoms with Gasteiger partial charge in [-0.1, -0.05) is 19.1 Å². The highest BCUT2D eigenvalue weighted by Crippen LogP contribution is 2.42. The zero-order valence-corrected chi connectivity index (χ0v) is 33.3. The Morgan fingerprint density at radius 1 is 0.661 bits per heavy atom. The highest BCUT2D eigenvalue weighted by molar-refractivity contribution is 5.86. The maximum absolute atomic E-state index is 12.2. The normalized spacial score (nSPS) is 19.4. The van der Waals surface area contributed by atoms with Crippen LogP contribution in [-0.2, 0) is 22.3 Å². The third-order valence-electron chi connectivity index (χ3n) is 10.7. The highest BCUT2D eigenvalue weighted by atomic mass is 16.6. The van der Waals surface area contributed by atoms with E-state index in [4.69, 9.17) is 29.4 Å². The van der Waals surface area contributed by atoms with Crippen LogP contribution in [0.4, 0.5) is 9.59 Å². The van der Waals surface area contributed by atoms with E-state index < -0.39 is 17.3 Å². The maximum Gasteiger partial charge on any atom is 0.408 e. The Hall–Kier alpha value is -5.78. The topological polar surface area (TPSA) is 160 Å². The van der Waals surface area contributed by atoms with Gasteiger partial charge in [0.15, 0.2) is 0 Å². The molecule has 2 aliphatic rings. The summed E-state index contributed by atoms with van der Waals surface area (Å²) in [5.41, 5.74) is 10.5. The number of hydrogen-bond donors (Lipinski definition) is 4. The highest BCUT2D eigenvalue weighted by Gasteiger charge is 2.47. The van der Waals surface area contributed by atoms with Crippen molar-refractivity contribution in [2.24, 2.45) is 11.8 Å². The van der Waals surface area contributed by atoms with Gasteiger partial charge in [0.1, 0.15) is 22.9 Å². The minimum atomic E-state index is -0.528. The van der Waals surface area contributed by atoms with Gasteiger partial charge in [-0.2, -0.15) is 0 Å². The van der Waals surface area contributed by atoms with Gasteiger partial charge in [-0.25, -0.2) is 29.5 Å². The first-order valence-corrected chi connectivity index (χ1v) is 19.5. The third-order valence-corrected chi connectivity index (χ3v) is 10.7. The van der Waals surface area contributed by atoms with Gasteiger partial charge in [0.25, 0.3) is 0 Å². The molecule has 12 heteroatoms. The molecule has 4 unspecified atom stereocenters. The second-order valence-electron chi connectivity index (χ2n) is 17.3. The third kappa shape index (κ3) is 8.24. The maximum atomic E-state index is 12.2. The van der Waals surface area contributed by atoms with Crippen molar-refractivity contribution in [3.8, 4) is 22.5 Å². The molecule has 56 heavy (non-hydrogen) atoms. The number of carbonyl (C=O) groups is 2.